The first-order chi connectivity index (χ1) is 19.9. The number of nitrogens with zero attached hydrogens (tertiary/aromatic N) is 3. The molecule has 0 saturated heterocycles. The van der Waals surface area contributed by atoms with Crippen molar-refractivity contribution >= 4 is 29.3 Å². The first-order valence-corrected chi connectivity index (χ1v) is 12.3. The molecule has 3 heterocycles. The first-order valence-electron chi connectivity index (χ1n) is 12.3. The van der Waals surface area contributed by atoms with E-state index in [2.05, 4.69) is 20.6 Å². The lowest BCUT2D eigenvalue weighted by atomic mass is 10.2. The molecule has 0 atom stereocenters. The highest BCUT2D eigenvalue weighted by molar-refractivity contribution is 6.04. The Labute approximate surface area is 232 Å². The maximum atomic E-state index is 15.1. The maximum Gasteiger partial charge on any atom is 0.267 e. The van der Waals surface area contributed by atoms with Gasteiger partial charge in [0.15, 0.2) is 17.3 Å². The van der Waals surface area contributed by atoms with Crippen molar-refractivity contribution in [2.24, 2.45) is 0 Å². The number of hydrogen-bond acceptors (Lipinski definition) is 7. The molecule has 5 rings (SSSR count). The summed E-state index contributed by atoms with van der Waals surface area (Å²) in [5.74, 6) is -1.30. The van der Waals surface area contributed by atoms with Gasteiger partial charge in [0.2, 0.25) is 0 Å². The zero-order valence-corrected chi connectivity index (χ0v) is 21.3. The van der Waals surface area contributed by atoms with E-state index in [1.165, 1.54) is 59.3 Å². The molecule has 0 spiro atoms. The minimum Gasteiger partial charge on any atom is -0.452 e. The van der Waals surface area contributed by atoms with E-state index in [4.69, 9.17) is 10.1 Å². The number of hydrogen-bond donors (Lipinski definition) is 3. The number of rotatable bonds is 9. The van der Waals surface area contributed by atoms with Crippen LogP contribution < -0.4 is 20.9 Å². The summed E-state index contributed by atoms with van der Waals surface area (Å²) >= 11 is 0. The highest BCUT2D eigenvalue weighted by Gasteiger charge is 2.16. The highest BCUT2D eigenvalue weighted by Crippen LogP contribution is 2.31. The SMILES string of the molecule is N=CCc1ncc(Nc2ccccn2)cc1Oc1ccc(NC(=O)c2cccn(-c3ccc(F)cc3)c2=O)cc1F. The quantitative estimate of drug-likeness (QED) is 0.196. The lowest BCUT2D eigenvalue weighted by Crippen LogP contribution is -2.27. The van der Waals surface area contributed by atoms with Crippen molar-refractivity contribution in [2.45, 2.75) is 6.42 Å². The fourth-order valence-electron chi connectivity index (χ4n) is 3.91. The summed E-state index contributed by atoms with van der Waals surface area (Å²) in [5.41, 5.74) is 0.643. The number of aromatic nitrogens is 3. The van der Waals surface area contributed by atoms with E-state index in [9.17, 15) is 14.0 Å². The number of benzene rings is 2. The zero-order valence-electron chi connectivity index (χ0n) is 21.3. The van der Waals surface area contributed by atoms with Gasteiger partial charge in [-0.1, -0.05) is 6.07 Å². The second-order valence-corrected chi connectivity index (χ2v) is 8.69. The molecule has 2 aromatic carbocycles. The van der Waals surface area contributed by atoms with Crippen LogP contribution in [0.5, 0.6) is 11.5 Å². The zero-order chi connectivity index (χ0) is 28.8. The Kier molecular flexibility index (Phi) is 7.86. The van der Waals surface area contributed by atoms with Gasteiger partial charge in [-0.15, -0.1) is 0 Å². The normalized spacial score (nSPS) is 10.6. The fraction of sp³-hybridized carbons (Fsp3) is 0.0333. The van der Waals surface area contributed by atoms with Crippen LogP contribution in [0.1, 0.15) is 16.1 Å². The van der Waals surface area contributed by atoms with Crippen molar-refractivity contribution in [3.05, 3.63) is 131 Å². The predicted octanol–water partition coefficient (Wildman–Crippen LogP) is 5.89. The lowest BCUT2D eigenvalue weighted by molar-refractivity contribution is 0.102. The molecule has 0 fully saturated rings. The van der Waals surface area contributed by atoms with E-state index < -0.39 is 23.1 Å². The molecular weight excluding hydrogens is 530 g/mol. The van der Waals surface area contributed by atoms with Crippen molar-refractivity contribution in [3.8, 4) is 17.2 Å². The van der Waals surface area contributed by atoms with Crippen LogP contribution in [0.3, 0.4) is 0 Å². The highest BCUT2D eigenvalue weighted by atomic mass is 19.1. The van der Waals surface area contributed by atoms with Crippen LogP contribution in [-0.2, 0) is 6.42 Å². The predicted molar refractivity (Wildman–Crippen MR) is 151 cm³/mol. The van der Waals surface area contributed by atoms with E-state index >= 15 is 4.39 Å². The molecule has 0 radical (unpaired) electrons. The van der Waals surface area contributed by atoms with Gasteiger partial charge in [0.1, 0.15) is 17.2 Å². The van der Waals surface area contributed by atoms with Gasteiger partial charge >= 0.3 is 0 Å². The first kappa shape index (κ1) is 26.9. The van der Waals surface area contributed by atoms with Gasteiger partial charge in [0, 0.05) is 48.5 Å². The minimum atomic E-state index is -0.775. The largest absolute Gasteiger partial charge is 0.452 e. The second kappa shape index (κ2) is 12.0. The number of amides is 1. The molecule has 0 aliphatic rings. The smallest absolute Gasteiger partial charge is 0.267 e. The monoisotopic (exact) mass is 552 g/mol. The third-order valence-corrected chi connectivity index (χ3v) is 5.87. The van der Waals surface area contributed by atoms with Gasteiger partial charge in [-0.25, -0.2) is 13.8 Å². The van der Waals surface area contributed by atoms with Crippen molar-refractivity contribution in [1.82, 2.24) is 14.5 Å². The van der Waals surface area contributed by atoms with Crippen LogP contribution in [0, 0.1) is 17.0 Å². The molecule has 0 saturated carbocycles. The molecule has 0 aliphatic carbocycles. The van der Waals surface area contributed by atoms with Crippen molar-refractivity contribution in [2.75, 3.05) is 10.6 Å². The summed E-state index contributed by atoms with van der Waals surface area (Å²) in [7, 11) is 0. The third-order valence-electron chi connectivity index (χ3n) is 5.87. The molecule has 0 bridgehead atoms. The van der Waals surface area contributed by atoms with Gasteiger partial charge < -0.3 is 20.8 Å². The van der Waals surface area contributed by atoms with Gasteiger partial charge in [0.25, 0.3) is 11.5 Å². The number of halogens is 2. The van der Waals surface area contributed by atoms with Crippen LogP contribution in [0.4, 0.5) is 26.0 Å². The summed E-state index contributed by atoms with van der Waals surface area (Å²) < 4.78 is 35.4. The van der Waals surface area contributed by atoms with E-state index in [1.807, 2.05) is 6.07 Å². The number of ether oxygens (including phenoxy) is 1. The van der Waals surface area contributed by atoms with Crippen molar-refractivity contribution in [1.29, 1.82) is 5.41 Å². The topological polar surface area (TPSA) is 122 Å². The Balaban J connectivity index is 1.35. The lowest BCUT2D eigenvalue weighted by Gasteiger charge is -2.14. The van der Waals surface area contributed by atoms with Gasteiger partial charge in [-0.05, 0) is 60.7 Å². The van der Waals surface area contributed by atoms with Crippen molar-refractivity contribution in [3.63, 3.8) is 0 Å². The minimum absolute atomic E-state index is 0.0971. The van der Waals surface area contributed by atoms with E-state index in [-0.39, 0.29) is 29.2 Å². The van der Waals surface area contributed by atoms with Crippen LogP contribution in [0.25, 0.3) is 5.69 Å². The summed E-state index contributed by atoms with van der Waals surface area (Å²) in [5, 5.41) is 13.0. The number of nitrogens with one attached hydrogen (secondary N) is 3. The van der Waals surface area contributed by atoms with E-state index in [1.54, 1.807) is 30.6 Å². The van der Waals surface area contributed by atoms with Gasteiger partial charge in [0.05, 0.1) is 17.6 Å². The molecule has 1 amide bonds. The van der Waals surface area contributed by atoms with Crippen LogP contribution in [0.15, 0.2) is 102 Å². The summed E-state index contributed by atoms with van der Waals surface area (Å²) in [6, 6.07) is 18.9. The Hall–Kier alpha value is -5.71. The Bertz CT molecular complexity index is 1780. The molecule has 9 nitrogen and oxygen atoms in total. The summed E-state index contributed by atoms with van der Waals surface area (Å²) in [4.78, 5) is 34.3. The summed E-state index contributed by atoms with van der Waals surface area (Å²) in [6.45, 7) is 0. The molecular formula is C30H22F2N6O3. The number of pyridine rings is 3. The average molecular weight is 553 g/mol. The molecule has 3 N–H and O–H groups in total. The molecule has 41 heavy (non-hydrogen) atoms. The Morgan fingerprint density at radius 1 is 0.951 bits per heavy atom. The Morgan fingerprint density at radius 3 is 2.51 bits per heavy atom. The van der Waals surface area contributed by atoms with E-state index in [0.29, 0.717) is 22.9 Å². The number of carbonyl (C=O) groups is 1. The van der Waals surface area contributed by atoms with Crippen LogP contribution in [0.2, 0.25) is 0 Å². The molecule has 0 unspecified atom stereocenters. The second-order valence-electron chi connectivity index (χ2n) is 8.69. The molecule has 0 aliphatic heterocycles. The fourth-order valence-corrected chi connectivity index (χ4v) is 3.91. The Morgan fingerprint density at radius 2 is 1.78 bits per heavy atom. The molecule has 3 aromatic heterocycles. The standard InChI is InChI=1S/C30H22F2N6O3/c31-19-6-9-22(10-7-19)38-15-3-4-23(30(38)40)29(39)37-20-8-11-26(24(32)16-20)41-27-17-21(18-35-25(27)12-13-33)36-28-5-1-2-14-34-28/h1-11,13-18,33H,12H2,(H,34,36)(H,37,39). The van der Waals surface area contributed by atoms with Crippen LogP contribution >= 0.6 is 0 Å². The molecule has 5 aromatic rings. The third kappa shape index (κ3) is 6.31. The molecule has 11 heteroatoms. The van der Waals surface area contributed by atoms with Crippen LogP contribution in [-0.4, -0.2) is 26.7 Å². The van der Waals surface area contributed by atoms with Gasteiger partial charge in [-0.2, -0.15) is 0 Å². The maximum absolute atomic E-state index is 15.1. The summed E-state index contributed by atoms with van der Waals surface area (Å²) in [6.07, 6.45) is 5.97. The van der Waals surface area contributed by atoms with Crippen molar-refractivity contribution < 1.29 is 18.3 Å². The van der Waals surface area contributed by atoms with Gasteiger partial charge in [-0.3, -0.25) is 19.1 Å². The number of carbonyl (C=O) groups excluding carboxylic acids is 1. The van der Waals surface area contributed by atoms with E-state index in [0.717, 1.165) is 12.3 Å². The number of anilines is 3. The molecule has 204 valence electrons. The average Bonchev–Trinajstić information content (AvgIpc) is 2.97.